The van der Waals surface area contributed by atoms with E-state index < -0.39 is 10.0 Å². The van der Waals surface area contributed by atoms with Crippen LogP contribution < -0.4 is 10.0 Å². The van der Waals surface area contributed by atoms with Gasteiger partial charge in [0.15, 0.2) is 0 Å². The maximum Gasteiger partial charge on any atom is 0.212 e. The standard InChI is InChI=1S/C11H24N2O2S/c1-2-3-4-5-8-13-16(14,15)10-9-12-11-6-7-11/h11-13H,2-10H2,1H3. The first-order valence-corrected chi connectivity index (χ1v) is 8.00. The molecule has 0 bridgehead atoms. The molecule has 0 saturated heterocycles. The number of sulfonamides is 1. The molecule has 1 aliphatic rings. The Bertz CT molecular complexity index is 274. The summed E-state index contributed by atoms with van der Waals surface area (Å²) in [6, 6.07) is 0.583. The molecule has 0 amide bonds. The largest absolute Gasteiger partial charge is 0.313 e. The van der Waals surface area contributed by atoms with Crippen molar-refractivity contribution in [3.63, 3.8) is 0 Å². The van der Waals surface area contributed by atoms with Crippen LogP contribution in [-0.4, -0.2) is 33.3 Å². The Hall–Kier alpha value is -0.130. The van der Waals surface area contributed by atoms with Crippen LogP contribution in [0.1, 0.15) is 45.4 Å². The van der Waals surface area contributed by atoms with E-state index in [1.54, 1.807) is 0 Å². The third-order valence-electron chi connectivity index (χ3n) is 2.73. The molecule has 1 rings (SSSR count). The van der Waals surface area contributed by atoms with Gasteiger partial charge < -0.3 is 5.32 Å². The van der Waals surface area contributed by atoms with Crippen molar-refractivity contribution in [2.45, 2.75) is 51.5 Å². The minimum Gasteiger partial charge on any atom is -0.313 e. The lowest BCUT2D eigenvalue weighted by Gasteiger charge is -2.06. The average molecular weight is 248 g/mol. The van der Waals surface area contributed by atoms with Gasteiger partial charge in [0.25, 0.3) is 0 Å². The van der Waals surface area contributed by atoms with Gasteiger partial charge in [-0.05, 0) is 19.3 Å². The molecule has 4 nitrogen and oxygen atoms in total. The molecule has 1 saturated carbocycles. The lowest BCUT2D eigenvalue weighted by Crippen LogP contribution is -2.33. The van der Waals surface area contributed by atoms with Gasteiger partial charge in [-0.1, -0.05) is 26.2 Å². The van der Waals surface area contributed by atoms with Gasteiger partial charge in [0, 0.05) is 19.1 Å². The Balaban J connectivity index is 1.98. The van der Waals surface area contributed by atoms with Gasteiger partial charge >= 0.3 is 0 Å². The summed E-state index contributed by atoms with van der Waals surface area (Å²) in [4.78, 5) is 0. The molecule has 5 heteroatoms. The van der Waals surface area contributed by atoms with Gasteiger partial charge in [0.1, 0.15) is 0 Å². The van der Waals surface area contributed by atoms with E-state index in [2.05, 4.69) is 17.0 Å². The van der Waals surface area contributed by atoms with Crippen LogP contribution in [0, 0.1) is 0 Å². The van der Waals surface area contributed by atoms with Gasteiger partial charge in [-0.25, -0.2) is 13.1 Å². The molecule has 2 N–H and O–H groups in total. The zero-order valence-corrected chi connectivity index (χ0v) is 11.0. The fourth-order valence-corrected chi connectivity index (χ4v) is 2.52. The summed E-state index contributed by atoms with van der Waals surface area (Å²) in [6.45, 7) is 3.31. The highest BCUT2D eigenvalue weighted by Gasteiger charge is 2.20. The molecular weight excluding hydrogens is 224 g/mol. The lowest BCUT2D eigenvalue weighted by atomic mass is 10.2. The van der Waals surface area contributed by atoms with Gasteiger partial charge in [0.2, 0.25) is 10.0 Å². The Labute approximate surface area is 99.2 Å². The van der Waals surface area contributed by atoms with Gasteiger partial charge in [-0.2, -0.15) is 0 Å². The third kappa shape index (κ3) is 7.19. The zero-order valence-electron chi connectivity index (χ0n) is 10.2. The molecule has 0 unspecified atom stereocenters. The quantitative estimate of drug-likeness (QED) is 0.572. The highest BCUT2D eigenvalue weighted by Crippen LogP contribution is 2.17. The predicted octanol–water partition coefficient (Wildman–Crippen LogP) is 1.24. The number of unbranched alkanes of at least 4 members (excludes halogenated alkanes) is 3. The monoisotopic (exact) mass is 248 g/mol. The summed E-state index contributed by atoms with van der Waals surface area (Å²) in [6.07, 6.45) is 6.82. The SMILES string of the molecule is CCCCCCNS(=O)(=O)CCNC1CC1. The molecule has 0 atom stereocenters. The molecule has 1 aliphatic carbocycles. The molecule has 96 valence electrons. The molecule has 1 fully saturated rings. The van der Waals surface area contributed by atoms with Crippen molar-refractivity contribution in [3.05, 3.63) is 0 Å². The minimum absolute atomic E-state index is 0.206. The Morgan fingerprint density at radius 3 is 2.50 bits per heavy atom. The minimum atomic E-state index is -3.05. The van der Waals surface area contributed by atoms with E-state index in [-0.39, 0.29) is 5.75 Å². The third-order valence-corrected chi connectivity index (χ3v) is 4.12. The van der Waals surface area contributed by atoms with Crippen LogP contribution in [0.5, 0.6) is 0 Å². The summed E-state index contributed by atoms with van der Waals surface area (Å²) in [5.74, 6) is 0.206. The molecule has 16 heavy (non-hydrogen) atoms. The molecular formula is C11H24N2O2S. The van der Waals surface area contributed by atoms with Crippen molar-refractivity contribution in [3.8, 4) is 0 Å². The van der Waals surface area contributed by atoms with E-state index in [4.69, 9.17) is 0 Å². The van der Waals surface area contributed by atoms with E-state index in [9.17, 15) is 8.42 Å². The highest BCUT2D eigenvalue weighted by atomic mass is 32.2. The van der Waals surface area contributed by atoms with Gasteiger partial charge in [-0.15, -0.1) is 0 Å². The van der Waals surface area contributed by atoms with Crippen molar-refractivity contribution in [1.82, 2.24) is 10.0 Å². The normalized spacial score (nSPS) is 16.6. The number of nitrogens with one attached hydrogen (secondary N) is 2. The van der Waals surface area contributed by atoms with E-state index in [1.165, 1.54) is 25.7 Å². The molecule has 0 aromatic carbocycles. The fraction of sp³-hybridized carbons (Fsp3) is 1.00. The fourth-order valence-electron chi connectivity index (χ4n) is 1.54. The second-order valence-corrected chi connectivity index (χ2v) is 6.43. The molecule has 0 aromatic heterocycles. The van der Waals surface area contributed by atoms with Crippen molar-refractivity contribution < 1.29 is 8.42 Å². The van der Waals surface area contributed by atoms with Crippen LogP contribution in [0.15, 0.2) is 0 Å². The summed E-state index contributed by atoms with van der Waals surface area (Å²) in [5.41, 5.74) is 0. The second kappa shape index (κ2) is 7.25. The maximum atomic E-state index is 11.5. The second-order valence-electron chi connectivity index (χ2n) is 4.50. The summed E-state index contributed by atoms with van der Waals surface area (Å²) < 4.78 is 25.7. The lowest BCUT2D eigenvalue weighted by molar-refractivity contribution is 0.569. The molecule has 0 aliphatic heterocycles. The van der Waals surface area contributed by atoms with E-state index >= 15 is 0 Å². The molecule has 0 spiro atoms. The van der Waals surface area contributed by atoms with E-state index in [0.717, 1.165) is 12.8 Å². The van der Waals surface area contributed by atoms with Crippen molar-refractivity contribution in [2.24, 2.45) is 0 Å². The van der Waals surface area contributed by atoms with Crippen molar-refractivity contribution in [1.29, 1.82) is 0 Å². The highest BCUT2D eigenvalue weighted by molar-refractivity contribution is 7.89. The Morgan fingerprint density at radius 1 is 1.12 bits per heavy atom. The Kier molecular flexibility index (Phi) is 6.31. The van der Waals surface area contributed by atoms with Crippen LogP contribution in [0.3, 0.4) is 0 Å². The summed E-state index contributed by atoms with van der Waals surface area (Å²) >= 11 is 0. The Morgan fingerprint density at radius 2 is 1.88 bits per heavy atom. The van der Waals surface area contributed by atoms with Crippen molar-refractivity contribution >= 4 is 10.0 Å². The molecule has 0 aromatic rings. The molecule has 0 radical (unpaired) electrons. The zero-order chi connectivity index (χ0) is 11.9. The smallest absolute Gasteiger partial charge is 0.212 e. The van der Waals surface area contributed by atoms with Gasteiger partial charge in [-0.3, -0.25) is 0 Å². The first-order valence-electron chi connectivity index (χ1n) is 6.35. The summed E-state index contributed by atoms with van der Waals surface area (Å²) in [5, 5.41) is 3.20. The van der Waals surface area contributed by atoms with Crippen LogP contribution in [0.25, 0.3) is 0 Å². The first kappa shape index (κ1) is 13.9. The van der Waals surface area contributed by atoms with Crippen LogP contribution in [0.4, 0.5) is 0 Å². The number of hydrogen-bond donors (Lipinski definition) is 2. The van der Waals surface area contributed by atoms with E-state index in [0.29, 0.717) is 19.1 Å². The topological polar surface area (TPSA) is 58.2 Å². The van der Waals surface area contributed by atoms with Crippen LogP contribution in [0.2, 0.25) is 0 Å². The number of rotatable bonds is 10. The summed E-state index contributed by atoms with van der Waals surface area (Å²) in [7, 11) is -3.05. The van der Waals surface area contributed by atoms with Gasteiger partial charge in [0.05, 0.1) is 5.75 Å². The number of hydrogen-bond acceptors (Lipinski definition) is 3. The molecule has 0 heterocycles. The first-order chi connectivity index (χ1) is 7.64. The van der Waals surface area contributed by atoms with E-state index in [1.807, 2.05) is 0 Å². The van der Waals surface area contributed by atoms with Crippen LogP contribution >= 0.6 is 0 Å². The average Bonchev–Trinajstić information content (AvgIpc) is 3.01. The predicted molar refractivity (Wildman–Crippen MR) is 67.0 cm³/mol. The maximum absolute atomic E-state index is 11.5. The van der Waals surface area contributed by atoms with Crippen LogP contribution in [-0.2, 0) is 10.0 Å². The van der Waals surface area contributed by atoms with Crippen molar-refractivity contribution in [2.75, 3.05) is 18.8 Å².